The van der Waals surface area contributed by atoms with E-state index >= 15 is 0 Å². The van der Waals surface area contributed by atoms with Crippen LogP contribution in [0.4, 0.5) is 5.82 Å². The average Bonchev–Trinajstić information content (AvgIpc) is 2.64. The molecule has 18 heavy (non-hydrogen) atoms. The zero-order chi connectivity index (χ0) is 13.0. The molecule has 1 aliphatic rings. The van der Waals surface area contributed by atoms with Crippen molar-refractivity contribution in [1.29, 1.82) is 0 Å². The summed E-state index contributed by atoms with van der Waals surface area (Å²) in [5, 5.41) is 0. The van der Waals surface area contributed by atoms with Gasteiger partial charge in [0.2, 0.25) is 5.91 Å². The van der Waals surface area contributed by atoms with E-state index in [-0.39, 0.29) is 0 Å². The van der Waals surface area contributed by atoms with Gasteiger partial charge in [-0.25, -0.2) is 4.98 Å². The van der Waals surface area contributed by atoms with Crippen molar-refractivity contribution >= 4 is 11.7 Å². The van der Waals surface area contributed by atoms with Gasteiger partial charge in [-0.3, -0.25) is 4.79 Å². The van der Waals surface area contributed by atoms with Crippen LogP contribution in [-0.2, 0) is 0 Å². The van der Waals surface area contributed by atoms with Crippen LogP contribution >= 0.6 is 0 Å². The lowest BCUT2D eigenvalue weighted by atomic mass is 10.1. The number of amides is 1. The second-order valence-electron chi connectivity index (χ2n) is 4.51. The number of carbonyl (C=O) groups is 1. The topological polar surface area (TPSA) is 59.2 Å². The number of rotatable bonds is 3. The highest BCUT2D eigenvalue weighted by molar-refractivity contribution is 5.93. The minimum absolute atomic E-state index is 0.402. The number of nitrogens with zero attached hydrogens (tertiary/aromatic N) is 2. The van der Waals surface area contributed by atoms with Gasteiger partial charge in [-0.1, -0.05) is 18.6 Å². The van der Waals surface area contributed by atoms with Crippen molar-refractivity contribution in [1.82, 2.24) is 4.98 Å². The largest absolute Gasteiger partial charge is 0.366 e. The van der Waals surface area contributed by atoms with E-state index in [0.717, 1.165) is 38.2 Å². The number of pyridine rings is 1. The molecule has 1 aromatic rings. The monoisotopic (exact) mass is 245 g/mol. The summed E-state index contributed by atoms with van der Waals surface area (Å²) in [5.41, 5.74) is 7.32. The van der Waals surface area contributed by atoms with Crippen molar-refractivity contribution in [2.45, 2.75) is 26.2 Å². The Balaban J connectivity index is 2.13. The number of hydrogen-bond acceptors (Lipinski definition) is 3. The molecule has 0 bridgehead atoms. The minimum atomic E-state index is -0.402. The number of primary amides is 1. The Kier molecular flexibility index (Phi) is 3.97. The van der Waals surface area contributed by atoms with Gasteiger partial charge >= 0.3 is 0 Å². The highest BCUT2D eigenvalue weighted by Gasteiger charge is 2.12. The number of anilines is 1. The van der Waals surface area contributed by atoms with Crippen LogP contribution in [0, 0.1) is 0 Å². The number of aromatic nitrogens is 1. The van der Waals surface area contributed by atoms with Crippen LogP contribution in [0.1, 0.15) is 36.5 Å². The fraction of sp³-hybridized carbons (Fsp3) is 0.429. The van der Waals surface area contributed by atoms with E-state index in [2.05, 4.69) is 22.9 Å². The normalized spacial score (nSPS) is 16.1. The van der Waals surface area contributed by atoms with Gasteiger partial charge < -0.3 is 10.6 Å². The number of hydrogen-bond donors (Lipinski definition) is 1. The first-order chi connectivity index (χ1) is 8.70. The van der Waals surface area contributed by atoms with Crippen LogP contribution in [0.25, 0.3) is 0 Å². The summed E-state index contributed by atoms with van der Waals surface area (Å²) in [6.45, 7) is 4.08. The Hall–Kier alpha value is -1.84. The van der Waals surface area contributed by atoms with Crippen LogP contribution < -0.4 is 10.6 Å². The summed E-state index contributed by atoms with van der Waals surface area (Å²) in [6.07, 6.45) is 7.18. The van der Waals surface area contributed by atoms with Crippen LogP contribution in [-0.4, -0.2) is 24.0 Å². The maximum atomic E-state index is 11.2. The molecular weight excluding hydrogens is 226 g/mol. The van der Waals surface area contributed by atoms with E-state index in [1.54, 1.807) is 18.3 Å². The maximum Gasteiger partial charge on any atom is 0.248 e. The molecule has 4 nitrogen and oxygen atoms in total. The lowest BCUT2D eigenvalue weighted by molar-refractivity contribution is 0.1000. The summed E-state index contributed by atoms with van der Waals surface area (Å²) < 4.78 is 0. The van der Waals surface area contributed by atoms with Crippen molar-refractivity contribution in [3.05, 3.63) is 35.5 Å². The lowest BCUT2D eigenvalue weighted by Gasteiger charge is -2.21. The molecule has 0 saturated carbocycles. The van der Waals surface area contributed by atoms with Crippen molar-refractivity contribution in [3.8, 4) is 0 Å². The van der Waals surface area contributed by atoms with Crippen molar-refractivity contribution in [2.24, 2.45) is 5.73 Å². The average molecular weight is 245 g/mol. The number of carbonyl (C=O) groups excluding carboxylic acids is 1. The van der Waals surface area contributed by atoms with Gasteiger partial charge in [-0.15, -0.1) is 0 Å². The Labute approximate surface area is 108 Å². The summed E-state index contributed by atoms with van der Waals surface area (Å²) in [5.74, 6) is 0.442. The standard InChI is InChI=1S/C14H19N3O/c1-2-11-4-3-8-17(9-6-11)13-10-12(14(15)18)5-7-16-13/h4-5,7,10H,2-3,6,8-9H2,1H3,(H2,15,18). The van der Waals surface area contributed by atoms with Gasteiger partial charge in [0.1, 0.15) is 5.82 Å². The maximum absolute atomic E-state index is 11.2. The third kappa shape index (κ3) is 2.88. The van der Waals surface area contributed by atoms with Gasteiger partial charge in [0.25, 0.3) is 0 Å². The molecule has 96 valence electrons. The van der Waals surface area contributed by atoms with E-state index in [0.29, 0.717) is 5.56 Å². The van der Waals surface area contributed by atoms with Gasteiger partial charge in [0, 0.05) is 24.8 Å². The number of nitrogens with two attached hydrogens (primary N) is 1. The van der Waals surface area contributed by atoms with Gasteiger partial charge in [-0.2, -0.15) is 0 Å². The van der Waals surface area contributed by atoms with Crippen LogP contribution in [0.5, 0.6) is 0 Å². The van der Waals surface area contributed by atoms with Crippen LogP contribution in [0.2, 0.25) is 0 Å². The van der Waals surface area contributed by atoms with E-state index in [9.17, 15) is 4.79 Å². The van der Waals surface area contributed by atoms with Crippen molar-refractivity contribution < 1.29 is 4.79 Å². The first-order valence-electron chi connectivity index (χ1n) is 6.39. The third-order valence-electron chi connectivity index (χ3n) is 3.34. The molecule has 0 unspecified atom stereocenters. The molecule has 1 amide bonds. The van der Waals surface area contributed by atoms with E-state index in [1.165, 1.54) is 5.57 Å². The predicted molar refractivity (Wildman–Crippen MR) is 72.6 cm³/mol. The predicted octanol–water partition coefficient (Wildman–Crippen LogP) is 2.12. The third-order valence-corrected chi connectivity index (χ3v) is 3.34. The molecule has 1 aromatic heterocycles. The quantitative estimate of drug-likeness (QED) is 0.830. The molecule has 1 aliphatic heterocycles. The minimum Gasteiger partial charge on any atom is -0.366 e. The van der Waals surface area contributed by atoms with E-state index in [1.807, 2.05) is 0 Å². The highest BCUT2D eigenvalue weighted by atomic mass is 16.1. The fourth-order valence-corrected chi connectivity index (χ4v) is 2.21. The van der Waals surface area contributed by atoms with Crippen LogP contribution in [0.3, 0.4) is 0 Å². The Morgan fingerprint density at radius 3 is 3.06 bits per heavy atom. The highest BCUT2D eigenvalue weighted by Crippen LogP contribution is 2.19. The zero-order valence-electron chi connectivity index (χ0n) is 10.7. The second kappa shape index (κ2) is 5.67. The summed E-state index contributed by atoms with van der Waals surface area (Å²) in [7, 11) is 0. The molecule has 0 atom stereocenters. The molecule has 0 saturated heterocycles. The van der Waals surface area contributed by atoms with Crippen LogP contribution in [0.15, 0.2) is 30.0 Å². The summed E-state index contributed by atoms with van der Waals surface area (Å²) in [6, 6.07) is 3.43. The van der Waals surface area contributed by atoms with E-state index in [4.69, 9.17) is 5.73 Å². The fourth-order valence-electron chi connectivity index (χ4n) is 2.21. The van der Waals surface area contributed by atoms with Gasteiger partial charge in [0.05, 0.1) is 0 Å². The first kappa shape index (κ1) is 12.6. The van der Waals surface area contributed by atoms with Gasteiger partial charge in [-0.05, 0) is 31.4 Å². The summed E-state index contributed by atoms with van der Waals surface area (Å²) >= 11 is 0. The van der Waals surface area contributed by atoms with E-state index < -0.39 is 5.91 Å². The molecule has 2 N–H and O–H groups in total. The molecular formula is C14H19N3O. The molecule has 0 aromatic carbocycles. The van der Waals surface area contributed by atoms with Gasteiger partial charge in [0.15, 0.2) is 0 Å². The molecule has 4 heteroatoms. The Bertz CT molecular complexity index is 468. The Morgan fingerprint density at radius 2 is 2.33 bits per heavy atom. The Morgan fingerprint density at radius 1 is 1.50 bits per heavy atom. The molecule has 0 spiro atoms. The van der Waals surface area contributed by atoms with Crippen molar-refractivity contribution in [2.75, 3.05) is 18.0 Å². The van der Waals surface area contributed by atoms with Crippen molar-refractivity contribution in [3.63, 3.8) is 0 Å². The SMILES string of the molecule is CCC1=CCCN(c2cc(C(N)=O)ccn2)CC1. The lowest BCUT2D eigenvalue weighted by Crippen LogP contribution is -2.25. The zero-order valence-corrected chi connectivity index (χ0v) is 10.7. The summed E-state index contributed by atoms with van der Waals surface area (Å²) in [4.78, 5) is 17.7. The second-order valence-corrected chi connectivity index (χ2v) is 4.51. The molecule has 2 rings (SSSR count). The molecule has 0 aliphatic carbocycles. The smallest absolute Gasteiger partial charge is 0.248 e. The molecule has 2 heterocycles. The molecule has 0 fully saturated rings. The first-order valence-corrected chi connectivity index (χ1v) is 6.39. The molecule has 0 radical (unpaired) electrons.